The van der Waals surface area contributed by atoms with Gasteiger partial charge in [0.15, 0.2) is 0 Å². The van der Waals surface area contributed by atoms with Crippen LogP contribution in [0, 0.1) is 11.3 Å². The van der Waals surface area contributed by atoms with Crippen LogP contribution in [0.1, 0.15) is 28.8 Å². The monoisotopic (exact) mass is 249 g/mol. The Labute approximate surface area is 106 Å². The van der Waals surface area contributed by atoms with E-state index in [2.05, 4.69) is 10.8 Å². The Kier molecular flexibility index (Phi) is 6.19. The number of hydrogen-bond acceptors (Lipinski definition) is 4. The quantitative estimate of drug-likeness (QED) is 0.574. The number of hydrogen-bond donors (Lipinski definition) is 0. The summed E-state index contributed by atoms with van der Waals surface area (Å²) in [6.07, 6.45) is 1.52. The Morgan fingerprint density at radius 3 is 3.06 bits per heavy atom. The van der Waals surface area contributed by atoms with Crippen LogP contribution in [0.4, 0.5) is 0 Å². The second kappa shape index (κ2) is 7.75. The number of ether oxygens (including phenoxy) is 1. The molecule has 0 radical (unpaired) electrons. The number of benzene rings is 1. The lowest BCUT2D eigenvalue weighted by Crippen LogP contribution is -2.01. The summed E-state index contributed by atoms with van der Waals surface area (Å²) in [5.41, 5.74) is 1.69. The molecule has 0 aliphatic heterocycles. The number of unbranched alkanes of at least 4 members (excludes halogenated alkanes) is 1. The fourth-order valence-electron chi connectivity index (χ4n) is 1.35. The molecule has 3 nitrogen and oxygen atoms in total. The first-order chi connectivity index (χ1) is 8.27. The van der Waals surface area contributed by atoms with Crippen molar-refractivity contribution in [3.8, 4) is 6.07 Å². The van der Waals surface area contributed by atoms with Crippen molar-refractivity contribution in [1.82, 2.24) is 0 Å². The van der Waals surface area contributed by atoms with Crippen LogP contribution in [-0.4, -0.2) is 18.8 Å². The zero-order chi connectivity index (χ0) is 12.5. The maximum absolute atomic E-state index is 11.3. The predicted molar refractivity (Wildman–Crippen MR) is 68.8 cm³/mol. The van der Waals surface area contributed by atoms with Gasteiger partial charge in [0.2, 0.25) is 0 Å². The van der Waals surface area contributed by atoms with Gasteiger partial charge in [-0.25, -0.2) is 4.79 Å². The first kappa shape index (κ1) is 13.6. The Bertz CT molecular complexity index is 412. The number of thioether (sulfide) groups is 1. The fraction of sp³-hybridized carbons (Fsp3) is 0.385. The third-order valence-electron chi connectivity index (χ3n) is 2.19. The lowest BCUT2D eigenvalue weighted by atomic mass is 10.1. The van der Waals surface area contributed by atoms with Gasteiger partial charge in [-0.15, -0.1) is 0 Å². The van der Waals surface area contributed by atoms with Crippen molar-refractivity contribution >= 4 is 17.7 Å². The van der Waals surface area contributed by atoms with Gasteiger partial charge >= 0.3 is 5.97 Å². The second-order valence-electron chi connectivity index (χ2n) is 3.51. The number of esters is 1. The van der Waals surface area contributed by atoms with E-state index in [-0.39, 0.29) is 5.97 Å². The van der Waals surface area contributed by atoms with Gasteiger partial charge in [-0.3, -0.25) is 0 Å². The molecule has 0 aromatic heterocycles. The van der Waals surface area contributed by atoms with Crippen LogP contribution < -0.4 is 0 Å². The maximum atomic E-state index is 11.3. The van der Waals surface area contributed by atoms with Crippen molar-refractivity contribution in [2.75, 3.05) is 12.9 Å². The van der Waals surface area contributed by atoms with E-state index >= 15 is 0 Å². The van der Waals surface area contributed by atoms with Gasteiger partial charge in [0.1, 0.15) is 0 Å². The standard InChI is InChI=1S/C13H15NO2S/c1-16-13(15)12-6-4-5-11(9-12)10-17-8-3-2-7-14/h4-6,9H,2-3,8,10H2,1H3. The van der Waals surface area contributed by atoms with Gasteiger partial charge in [-0.2, -0.15) is 17.0 Å². The van der Waals surface area contributed by atoms with Crippen molar-refractivity contribution in [2.24, 2.45) is 0 Å². The Hall–Kier alpha value is -1.47. The largest absolute Gasteiger partial charge is 0.465 e. The Morgan fingerprint density at radius 2 is 2.35 bits per heavy atom. The summed E-state index contributed by atoms with van der Waals surface area (Å²) in [6, 6.07) is 9.57. The van der Waals surface area contributed by atoms with E-state index in [9.17, 15) is 4.79 Å². The van der Waals surface area contributed by atoms with E-state index in [4.69, 9.17) is 5.26 Å². The van der Waals surface area contributed by atoms with Gasteiger partial charge in [0, 0.05) is 12.2 Å². The van der Waals surface area contributed by atoms with Gasteiger partial charge in [0.05, 0.1) is 18.7 Å². The van der Waals surface area contributed by atoms with Gasteiger partial charge in [-0.1, -0.05) is 12.1 Å². The summed E-state index contributed by atoms with van der Waals surface area (Å²) in [5, 5.41) is 8.40. The molecule has 17 heavy (non-hydrogen) atoms. The zero-order valence-electron chi connectivity index (χ0n) is 9.81. The number of methoxy groups -OCH3 is 1. The molecule has 0 saturated carbocycles. The lowest BCUT2D eigenvalue weighted by Gasteiger charge is -2.03. The molecule has 0 aliphatic carbocycles. The van der Waals surface area contributed by atoms with Gasteiger partial charge in [-0.05, 0) is 29.9 Å². The molecule has 0 saturated heterocycles. The van der Waals surface area contributed by atoms with E-state index in [0.29, 0.717) is 12.0 Å². The number of carbonyl (C=O) groups is 1. The van der Waals surface area contributed by atoms with Gasteiger partial charge in [0.25, 0.3) is 0 Å². The van der Waals surface area contributed by atoms with E-state index < -0.39 is 0 Å². The molecule has 0 aliphatic rings. The first-order valence-electron chi connectivity index (χ1n) is 5.40. The summed E-state index contributed by atoms with van der Waals surface area (Å²) < 4.78 is 4.67. The highest BCUT2D eigenvalue weighted by molar-refractivity contribution is 7.98. The molecular formula is C13H15NO2S. The predicted octanol–water partition coefficient (Wildman–Crippen LogP) is 3.01. The summed E-state index contributed by atoms with van der Waals surface area (Å²) in [7, 11) is 1.38. The van der Waals surface area contributed by atoms with Crippen LogP contribution in [0.3, 0.4) is 0 Å². The van der Waals surface area contributed by atoms with Crippen LogP contribution >= 0.6 is 11.8 Å². The molecule has 0 N–H and O–H groups in total. The second-order valence-corrected chi connectivity index (χ2v) is 4.61. The van der Waals surface area contributed by atoms with Gasteiger partial charge < -0.3 is 4.74 Å². The van der Waals surface area contributed by atoms with Crippen molar-refractivity contribution in [3.05, 3.63) is 35.4 Å². The topological polar surface area (TPSA) is 50.1 Å². The molecular weight excluding hydrogens is 234 g/mol. The van der Waals surface area contributed by atoms with Crippen LogP contribution in [0.15, 0.2) is 24.3 Å². The van der Waals surface area contributed by atoms with E-state index in [1.807, 2.05) is 18.2 Å². The summed E-state index contributed by atoms with van der Waals surface area (Å²) in [6.45, 7) is 0. The molecule has 1 aromatic rings. The molecule has 90 valence electrons. The van der Waals surface area contributed by atoms with Crippen LogP contribution in [-0.2, 0) is 10.5 Å². The highest BCUT2D eigenvalue weighted by Gasteiger charge is 2.05. The van der Waals surface area contributed by atoms with E-state index in [0.717, 1.165) is 23.5 Å². The van der Waals surface area contributed by atoms with Crippen molar-refractivity contribution < 1.29 is 9.53 Å². The summed E-state index contributed by atoms with van der Waals surface area (Å²) in [5.74, 6) is 1.52. The maximum Gasteiger partial charge on any atom is 0.337 e. The molecule has 0 bridgehead atoms. The number of nitrogens with zero attached hydrogens (tertiary/aromatic N) is 1. The molecule has 0 fully saturated rings. The van der Waals surface area contributed by atoms with E-state index in [1.165, 1.54) is 7.11 Å². The minimum absolute atomic E-state index is 0.304. The molecule has 1 rings (SSSR count). The van der Waals surface area contributed by atoms with Crippen molar-refractivity contribution in [3.63, 3.8) is 0 Å². The molecule has 0 amide bonds. The molecule has 0 atom stereocenters. The van der Waals surface area contributed by atoms with Crippen molar-refractivity contribution in [1.29, 1.82) is 5.26 Å². The van der Waals surface area contributed by atoms with Crippen LogP contribution in [0.5, 0.6) is 0 Å². The lowest BCUT2D eigenvalue weighted by molar-refractivity contribution is 0.0600. The third-order valence-corrected chi connectivity index (χ3v) is 3.31. The number of rotatable bonds is 6. The Morgan fingerprint density at radius 1 is 1.53 bits per heavy atom. The number of nitriles is 1. The third kappa shape index (κ3) is 4.92. The zero-order valence-corrected chi connectivity index (χ0v) is 10.6. The summed E-state index contributed by atoms with van der Waals surface area (Å²) in [4.78, 5) is 11.3. The minimum Gasteiger partial charge on any atom is -0.465 e. The smallest absolute Gasteiger partial charge is 0.337 e. The highest BCUT2D eigenvalue weighted by atomic mass is 32.2. The fourth-order valence-corrected chi connectivity index (χ4v) is 2.26. The minimum atomic E-state index is -0.304. The SMILES string of the molecule is COC(=O)c1cccc(CSCCCC#N)c1. The molecule has 1 aromatic carbocycles. The Balaban J connectivity index is 2.44. The average Bonchev–Trinajstić information content (AvgIpc) is 2.38. The molecule has 4 heteroatoms. The first-order valence-corrected chi connectivity index (χ1v) is 6.55. The average molecular weight is 249 g/mol. The van der Waals surface area contributed by atoms with E-state index in [1.54, 1.807) is 17.8 Å². The molecule has 0 heterocycles. The van der Waals surface area contributed by atoms with Crippen molar-refractivity contribution in [2.45, 2.75) is 18.6 Å². The normalized spacial score (nSPS) is 9.65. The molecule has 0 unspecified atom stereocenters. The highest BCUT2D eigenvalue weighted by Crippen LogP contribution is 2.15. The van der Waals surface area contributed by atoms with Crippen LogP contribution in [0.25, 0.3) is 0 Å². The molecule has 0 spiro atoms. The number of carbonyl (C=O) groups excluding carboxylic acids is 1. The van der Waals surface area contributed by atoms with Crippen LogP contribution in [0.2, 0.25) is 0 Å². The summed E-state index contributed by atoms with van der Waals surface area (Å²) >= 11 is 1.77.